The Bertz CT molecular complexity index is 534. The van der Waals surface area contributed by atoms with Crippen LogP contribution < -0.4 is 0 Å². The zero-order valence-electron chi connectivity index (χ0n) is 13.6. The lowest BCUT2D eigenvalue weighted by Gasteiger charge is -2.57. The minimum absolute atomic E-state index is 0.0204. The average molecular weight is 362 g/mol. The summed E-state index contributed by atoms with van der Waals surface area (Å²) >= 11 is 0. The number of esters is 1. The Kier molecular flexibility index (Phi) is 5.13. The van der Waals surface area contributed by atoms with Gasteiger partial charge >= 0.3 is 23.9 Å². The maximum atomic E-state index is 14.6. The van der Waals surface area contributed by atoms with Crippen LogP contribution in [0.15, 0.2) is 12.2 Å². The van der Waals surface area contributed by atoms with Crippen molar-refractivity contribution in [1.82, 2.24) is 0 Å². The molecule has 1 aliphatic rings. The first-order valence-corrected chi connectivity index (χ1v) is 6.78. The molecule has 0 amide bonds. The number of alkyl halides is 5. The molecule has 1 rings (SSSR count). The van der Waals surface area contributed by atoms with Gasteiger partial charge in [-0.05, 0) is 13.8 Å². The second-order valence-corrected chi connectivity index (χ2v) is 6.16. The molecule has 0 spiro atoms. The lowest BCUT2D eigenvalue weighted by Crippen LogP contribution is -2.78. The average Bonchev–Trinajstić information content (AvgIpc) is 2.46. The number of aliphatic hydroxyl groups is 1. The van der Waals surface area contributed by atoms with Crippen molar-refractivity contribution in [3.63, 3.8) is 0 Å². The molecule has 24 heavy (non-hydrogen) atoms. The van der Waals surface area contributed by atoms with E-state index in [0.717, 1.165) is 14.0 Å². The fraction of sp³-hybridized carbons (Fsp3) is 0.786. The van der Waals surface area contributed by atoms with Gasteiger partial charge in [0.1, 0.15) is 12.2 Å². The molecule has 0 radical (unpaired) electrons. The zero-order chi connectivity index (χ0) is 19.2. The number of hydrogen-bond donors (Lipinski definition) is 1. The van der Waals surface area contributed by atoms with E-state index in [2.05, 4.69) is 16.1 Å². The van der Waals surface area contributed by atoms with Gasteiger partial charge < -0.3 is 19.3 Å². The first-order valence-electron chi connectivity index (χ1n) is 6.78. The molecule has 0 aromatic carbocycles. The Labute approximate surface area is 135 Å². The summed E-state index contributed by atoms with van der Waals surface area (Å²) in [5.74, 6) is -10.5. The number of halogens is 5. The quantitative estimate of drug-likeness (QED) is 0.473. The van der Waals surface area contributed by atoms with Gasteiger partial charge in [0.2, 0.25) is 0 Å². The topological polar surface area (TPSA) is 65.0 Å². The maximum Gasteiger partial charge on any atom is 0.449 e. The summed E-state index contributed by atoms with van der Waals surface area (Å²) in [6.45, 7) is 4.70. The molecule has 1 N–H and O–H groups in total. The summed E-state index contributed by atoms with van der Waals surface area (Å²) in [6.07, 6.45) is -5.77. The van der Waals surface area contributed by atoms with Crippen LogP contribution in [0.25, 0.3) is 0 Å². The Morgan fingerprint density at radius 1 is 1.33 bits per heavy atom. The smallest absolute Gasteiger partial charge is 0.449 e. The Morgan fingerprint density at radius 3 is 2.21 bits per heavy atom. The van der Waals surface area contributed by atoms with Crippen LogP contribution in [0.3, 0.4) is 0 Å². The standard InChI is InChI=1S/C14H19F5O5/c1-8(2)9(20)23-6-10(3)7-24-13(21,14(17,18)19)12(15,16)11(10,4)22-5/h21H,1,6-7H2,2-5H3. The van der Waals surface area contributed by atoms with Crippen molar-refractivity contribution in [1.29, 1.82) is 0 Å². The first-order chi connectivity index (χ1) is 10.6. The van der Waals surface area contributed by atoms with Crippen LogP contribution in [0, 0.1) is 5.41 Å². The largest absolute Gasteiger partial charge is 0.462 e. The van der Waals surface area contributed by atoms with Crippen LogP contribution in [-0.4, -0.2) is 54.9 Å². The van der Waals surface area contributed by atoms with E-state index in [-0.39, 0.29) is 5.57 Å². The molecule has 1 fully saturated rings. The zero-order valence-corrected chi connectivity index (χ0v) is 13.6. The molecule has 0 bridgehead atoms. The van der Waals surface area contributed by atoms with Gasteiger partial charge in [0.15, 0.2) is 0 Å². The molecule has 1 saturated heterocycles. The summed E-state index contributed by atoms with van der Waals surface area (Å²) in [4.78, 5) is 11.5. The van der Waals surface area contributed by atoms with E-state index in [9.17, 15) is 31.9 Å². The number of carbonyl (C=O) groups excluding carboxylic acids is 1. The summed E-state index contributed by atoms with van der Waals surface area (Å²) in [7, 11) is 0.773. The second kappa shape index (κ2) is 5.92. The summed E-state index contributed by atoms with van der Waals surface area (Å²) in [5, 5.41) is 9.50. The molecule has 0 aliphatic carbocycles. The van der Waals surface area contributed by atoms with Crippen molar-refractivity contribution < 1.29 is 46.1 Å². The fourth-order valence-corrected chi connectivity index (χ4v) is 2.36. The van der Waals surface area contributed by atoms with Gasteiger partial charge in [-0.3, -0.25) is 0 Å². The van der Waals surface area contributed by atoms with Crippen LogP contribution in [-0.2, 0) is 19.0 Å². The third-order valence-electron chi connectivity index (χ3n) is 4.44. The minimum Gasteiger partial charge on any atom is -0.462 e. The van der Waals surface area contributed by atoms with Crippen molar-refractivity contribution in [2.24, 2.45) is 5.41 Å². The highest BCUT2D eigenvalue weighted by atomic mass is 19.4. The third kappa shape index (κ3) is 2.70. The molecular weight excluding hydrogens is 343 g/mol. The molecule has 0 saturated carbocycles. The molecule has 0 aromatic heterocycles. The van der Waals surface area contributed by atoms with Crippen molar-refractivity contribution in [3.8, 4) is 0 Å². The monoisotopic (exact) mass is 362 g/mol. The predicted octanol–water partition coefficient (Wildman–Crippen LogP) is 2.43. The van der Waals surface area contributed by atoms with E-state index in [1.807, 2.05) is 0 Å². The van der Waals surface area contributed by atoms with E-state index in [0.29, 0.717) is 6.92 Å². The molecule has 3 atom stereocenters. The highest BCUT2D eigenvalue weighted by Gasteiger charge is 2.83. The molecular formula is C14H19F5O5. The molecule has 3 unspecified atom stereocenters. The van der Waals surface area contributed by atoms with Crippen LogP contribution in [0.2, 0.25) is 0 Å². The van der Waals surface area contributed by atoms with E-state index >= 15 is 0 Å². The SMILES string of the molecule is C=C(C)C(=O)OCC1(C)COC(O)(C(F)(F)F)C(F)(F)C1(C)OC. The van der Waals surface area contributed by atoms with E-state index in [1.165, 1.54) is 6.92 Å². The van der Waals surface area contributed by atoms with Gasteiger partial charge in [0.25, 0.3) is 0 Å². The second-order valence-electron chi connectivity index (χ2n) is 6.16. The van der Waals surface area contributed by atoms with Crippen molar-refractivity contribution >= 4 is 5.97 Å². The molecule has 1 aliphatic heterocycles. The van der Waals surface area contributed by atoms with Gasteiger partial charge in [-0.2, -0.15) is 22.0 Å². The number of ether oxygens (including phenoxy) is 3. The van der Waals surface area contributed by atoms with Crippen LogP contribution in [0.4, 0.5) is 22.0 Å². The molecule has 140 valence electrons. The molecule has 0 aromatic rings. The van der Waals surface area contributed by atoms with Crippen LogP contribution >= 0.6 is 0 Å². The highest BCUT2D eigenvalue weighted by Crippen LogP contribution is 2.58. The summed E-state index contributed by atoms with van der Waals surface area (Å²) in [5.41, 5.74) is -4.75. The van der Waals surface area contributed by atoms with E-state index in [4.69, 9.17) is 4.74 Å². The van der Waals surface area contributed by atoms with Crippen molar-refractivity contribution in [2.75, 3.05) is 20.3 Å². The normalized spacial score (nSPS) is 36.2. The molecule has 10 heteroatoms. The number of methoxy groups -OCH3 is 1. The van der Waals surface area contributed by atoms with Crippen LogP contribution in [0.5, 0.6) is 0 Å². The van der Waals surface area contributed by atoms with Crippen LogP contribution in [0.1, 0.15) is 20.8 Å². The Hall–Kier alpha value is -1.26. The van der Waals surface area contributed by atoms with Crippen molar-refractivity contribution in [2.45, 2.75) is 44.3 Å². The van der Waals surface area contributed by atoms with E-state index in [1.54, 1.807) is 0 Å². The number of carbonyl (C=O) groups is 1. The lowest BCUT2D eigenvalue weighted by molar-refractivity contribution is -0.491. The lowest BCUT2D eigenvalue weighted by atomic mass is 9.67. The maximum absolute atomic E-state index is 14.6. The van der Waals surface area contributed by atoms with Gasteiger partial charge in [0, 0.05) is 12.7 Å². The number of rotatable bonds is 4. The third-order valence-corrected chi connectivity index (χ3v) is 4.44. The first kappa shape index (κ1) is 20.8. The molecule has 1 heterocycles. The summed E-state index contributed by atoms with van der Waals surface area (Å²) in [6, 6.07) is 0. The highest BCUT2D eigenvalue weighted by molar-refractivity contribution is 5.86. The molecule has 5 nitrogen and oxygen atoms in total. The Morgan fingerprint density at radius 2 is 1.83 bits per heavy atom. The van der Waals surface area contributed by atoms with Crippen molar-refractivity contribution in [3.05, 3.63) is 12.2 Å². The Balaban J connectivity index is 3.30. The number of hydrogen-bond acceptors (Lipinski definition) is 5. The summed E-state index contributed by atoms with van der Waals surface area (Å²) < 4.78 is 81.7. The van der Waals surface area contributed by atoms with Gasteiger partial charge in [-0.15, -0.1) is 0 Å². The van der Waals surface area contributed by atoms with Gasteiger partial charge in [0.05, 0.1) is 12.0 Å². The van der Waals surface area contributed by atoms with Gasteiger partial charge in [-0.1, -0.05) is 13.5 Å². The fourth-order valence-electron chi connectivity index (χ4n) is 2.36. The predicted molar refractivity (Wildman–Crippen MR) is 71.2 cm³/mol. The van der Waals surface area contributed by atoms with E-state index < -0.39 is 48.1 Å². The minimum atomic E-state index is -5.77. The van der Waals surface area contributed by atoms with Gasteiger partial charge in [-0.25, -0.2) is 4.79 Å².